The number of nitrogens with one attached hydrogen (secondary N) is 2. The predicted octanol–water partition coefficient (Wildman–Crippen LogP) is 2.16. The lowest BCUT2D eigenvalue weighted by Crippen LogP contribution is -2.45. The maximum absolute atomic E-state index is 5.78. The number of anilines is 1. The van der Waals surface area contributed by atoms with Crippen LogP contribution < -0.4 is 15.5 Å². The van der Waals surface area contributed by atoms with Crippen molar-refractivity contribution < 1.29 is 4.74 Å². The van der Waals surface area contributed by atoms with Gasteiger partial charge < -0.3 is 20.3 Å². The maximum Gasteiger partial charge on any atom is 0.191 e. The Morgan fingerprint density at radius 1 is 1.33 bits per heavy atom. The highest BCUT2D eigenvalue weighted by Gasteiger charge is 2.22. The number of nitrogens with zero attached hydrogens (tertiary/aromatic N) is 3. The second kappa shape index (κ2) is 8.87. The summed E-state index contributed by atoms with van der Waals surface area (Å²) in [6.07, 6.45) is 2.40. The highest BCUT2D eigenvalue weighted by molar-refractivity contribution is 5.79. The first-order chi connectivity index (χ1) is 11.5. The fourth-order valence-corrected chi connectivity index (χ4v) is 2.83. The van der Waals surface area contributed by atoms with E-state index >= 15 is 0 Å². The third-order valence-corrected chi connectivity index (χ3v) is 3.74. The van der Waals surface area contributed by atoms with Gasteiger partial charge in [0.05, 0.1) is 18.8 Å². The Balaban J connectivity index is 1.98. The number of hydrogen-bond acceptors (Lipinski definition) is 4. The van der Waals surface area contributed by atoms with E-state index in [0.29, 0.717) is 12.6 Å². The molecule has 6 heteroatoms. The van der Waals surface area contributed by atoms with Crippen molar-refractivity contribution in [3.05, 3.63) is 23.9 Å². The molecule has 1 aromatic heterocycles. The molecule has 1 fully saturated rings. The Bertz CT molecular complexity index is 519. The molecular weight excluding hydrogens is 302 g/mol. The number of aromatic nitrogens is 1. The molecule has 2 atom stereocenters. The van der Waals surface area contributed by atoms with Crippen molar-refractivity contribution in [1.29, 1.82) is 0 Å². The molecule has 0 spiro atoms. The SMILES string of the molecule is CCNC(=NCc1ccc(N2CC(C)OC(C)C2)nc1)NC(C)C. The largest absolute Gasteiger partial charge is 0.372 e. The number of morpholine rings is 1. The molecule has 1 aliphatic heterocycles. The zero-order valence-electron chi connectivity index (χ0n) is 15.5. The lowest BCUT2D eigenvalue weighted by Gasteiger charge is -2.36. The Morgan fingerprint density at radius 2 is 2.04 bits per heavy atom. The van der Waals surface area contributed by atoms with E-state index in [4.69, 9.17) is 4.74 Å². The van der Waals surface area contributed by atoms with Crippen LogP contribution in [0.2, 0.25) is 0 Å². The topological polar surface area (TPSA) is 61.8 Å². The molecule has 0 aromatic carbocycles. The molecule has 1 aromatic rings. The smallest absolute Gasteiger partial charge is 0.191 e. The van der Waals surface area contributed by atoms with Gasteiger partial charge in [-0.05, 0) is 46.2 Å². The summed E-state index contributed by atoms with van der Waals surface area (Å²) < 4.78 is 5.78. The van der Waals surface area contributed by atoms with Crippen molar-refractivity contribution in [3.63, 3.8) is 0 Å². The normalized spacial score (nSPS) is 21.9. The number of aliphatic imine (C=N–C) groups is 1. The number of rotatable bonds is 5. The van der Waals surface area contributed by atoms with Crippen LogP contribution in [-0.2, 0) is 11.3 Å². The molecule has 2 N–H and O–H groups in total. The van der Waals surface area contributed by atoms with Gasteiger partial charge in [0.2, 0.25) is 0 Å². The first-order valence-corrected chi connectivity index (χ1v) is 8.88. The van der Waals surface area contributed by atoms with Crippen molar-refractivity contribution in [2.24, 2.45) is 4.99 Å². The van der Waals surface area contributed by atoms with Crippen LogP contribution in [-0.4, -0.2) is 48.8 Å². The number of guanidine groups is 1. The van der Waals surface area contributed by atoms with Gasteiger partial charge in [-0.3, -0.25) is 0 Å². The lowest BCUT2D eigenvalue weighted by molar-refractivity contribution is -0.00545. The number of hydrogen-bond donors (Lipinski definition) is 2. The summed E-state index contributed by atoms with van der Waals surface area (Å²) in [6, 6.07) is 4.54. The van der Waals surface area contributed by atoms with Crippen LogP contribution in [0.15, 0.2) is 23.3 Å². The van der Waals surface area contributed by atoms with Gasteiger partial charge in [-0.2, -0.15) is 0 Å². The first kappa shape index (κ1) is 18.5. The van der Waals surface area contributed by atoms with Gasteiger partial charge in [0.15, 0.2) is 5.96 Å². The van der Waals surface area contributed by atoms with E-state index < -0.39 is 0 Å². The number of pyridine rings is 1. The number of ether oxygens (including phenoxy) is 1. The van der Waals surface area contributed by atoms with E-state index in [1.165, 1.54) is 0 Å². The first-order valence-electron chi connectivity index (χ1n) is 8.88. The van der Waals surface area contributed by atoms with Crippen LogP contribution in [0.4, 0.5) is 5.82 Å². The molecule has 24 heavy (non-hydrogen) atoms. The van der Waals surface area contributed by atoms with Crippen molar-refractivity contribution >= 4 is 11.8 Å². The summed E-state index contributed by atoms with van der Waals surface area (Å²) in [5.74, 6) is 1.85. The Labute approximate surface area is 145 Å². The molecule has 0 aliphatic carbocycles. The molecule has 2 heterocycles. The van der Waals surface area contributed by atoms with Gasteiger partial charge >= 0.3 is 0 Å². The van der Waals surface area contributed by atoms with Gasteiger partial charge in [-0.25, -0.2) is 9.98 Å². The van der Waals surface area contributed by atoms with E-state index in [2.05, 4.69) is 72.3 Å². The third-order valence-electron chi connectivity index (χ3n) is 3.74. The second-order valence-corrected chi connectivity index (χ2v) is 6.68. The van der Waals surface area contributed by atoms with E-state index in [0.717, 1.165) is 37.0 Å². The Hall–Kier alpha value is -1.82. The van der Waals surface area contributed by atoms with Crippen molar-refractivity contribution in [1.82, 2.24) is 15.6 Å². The van der Waals surface area contributed by atoms with Crippen molar-refractivity contribution in [2.45, 2.75) is 59.4 Å². The highest BCUT2D eigenvalue weighted by atomic mass is 16.5. The van der Waals surface area contributed by atoms with Gasteiger partial charge in [0.25, 0.3) is 0 Å². The minimum Gasteiger partial charge on any atom is -0.372 e. The average Bonchev–Trinajstić information content (AvgIpc) is 2.52. The summed E-state index contributed by atoms with van der Waals surface area (Å²) in [4.78, 5) is 11.5. The zero-order valence-corrected chi connectivity index (χ0v) is 15.5. The van der Waals surface area contributed by atoms with Gasteiger partial charge in [-0.15, -0.1) is 0 Å². The fraction of sp³-hybridized carbons (Fsp3) is 0.667. The predicted molar refractivity (Wildman–Crippen MR) is 99.5 cm³/mol. The second-order valence-electron chi connectivity index (χ2n) is 6.68. The van der Waals surface area contributed by atoms with Crippen LogP contribution >= 0.6 is 0 Å². The molecule has 2 unspecified atom stereocenters. The lowest BCUT2D eigenvalue weighted by atomic mass is 10.2. The molecule has 0 saturated carbocycles. The standard InChI is InChI=1S/C18H31N5O/c1-6-19-18(22-13(2)3)21-10-16-7-8-17(20-9-16)23-11-14(4)24-15(5)12-23/h7-9,13-15H,6,10-12H2,1-5H3,(H2,19,21,22). The van der Waals surface area contributed by atoms with Gasteiger partial charge in [-0.1, -0.05) is 6.07 Å². The van der Waals surface area contributed by atoms with Gasteiger partial charge in [0, 0.05) is 31.9 Å². The molecule has 1 aliphatic rings. The highest BCUT2D eigenvalue weighted by Crippen LogP contribution is 2.18. The molecule has 1 saturated heterocycles. The van der Waals surface area contributed by atoms with Crippen LogP contribution in [0.1, 0.15) is 40.2 Å². The molecule has 134 valence electrons. The zero-order chi connectivity index (χ0) is 17.5. The summed E-state index contributed by atoms with van der Waals surface area (Å²) >= 11 is 0. The Kier molecular flexibility index (Phi) is 6.85. The van der Waals surface area contributed by atoms with Crippen LogP contribution in [0.3, 0.4) is 0 Å². The molecule has 6 nitrogen and oxygen atoms in total. The van der Waals surface area contributed by atoms with Gasteiger partial charge in [0.1, 0.15) is 5.82 Å². The molecule has 0 amide bonds. The summed E-state index contributed by atoms with van der Waals surface area (Å²) in [7, 11) is 0. The fourth-order valence-electron chi connectivity index (χ4n) is 2.83. The molecule has 0 radical (unpaired) electrons. The minimum atomic E-state index is 0.240. The van der Waals surface area contributed by atoms with Crippen molar-refractivity contribution in [3.8, 4) is 0 Å². The third kappa shape index (κ3) is 5.67. The summed E-state index contributed by atoms with van der Waals surface area (Å²) in [5.41, 5.74) is 1.11. The van der Waals surface area contributed by atoms with Crippen LogP contribution in [0.25, 0.3) is 0 Å². The molecule has 2 rings (SSSR count). The molecule has 0 bridgehead atoms. The average molecular weight is 333 g/mol. The van der Waals surface area contributed by atoms with E-state index in [-0.39, 0.29) is 12.2 Å². The van der Waals surface area contributed by atoms with E-state index in [9.17, 15) is 0 Å². The quantitative estimate of drug-likeness (QED) is 0.639. The van der Waals surface area contributed by atoms with Crippen LogP contribution in [0.5, 0.6) is 0 Å². The minimum absolute atomic E-state index is 0.240. The van der Waals surface area contributed by atoms with Crippen LogP contribution in [0, 0.1) is 0 Å². The summed E-state index contributed by atoms with van der Waals surface area (Å²) in [6.45, 7) is 13.7. The van der Waals surface area contributed by atoms with E-state index in [1.54, 1.807) is 0 Å². The Morgan fingerprint density at radius 3 is 2.58 bits per heavy atom. The summed E-state index contributed by atoms with van der Waals surface area (Å²) in [5, 5.41) is 6.57. The van der Waals surface area contributed by atoms with Crippen molar-refractivity contribution in [2.75, 3.05) is 24.5 Å². The van der Waals surface area contributed by atoms with E-state index in [1.807, 2.05) is 6.20 Å². The maximum atomic E-state index is 5.78. The monoisotopic (exact) mass is 333 g/mol. The molecular formula is C18H31N5O.